The molecule has 1 aromatic carbocycles. The third-order valence-corrected chi connectivity index (χ3v) is 11.4. The molecule has 5 rings (SSSR count). The van der Waals surface area contributed by atoms with Crippen molar-refractivity contribution in [1.82, 2.24) is 26.2 Å². The van der Waals surface area contributed by atoms with E-state index in [0.717, 1.165) is 76.2 Å². The van der Waals surface area contributed by atoms with Crippen molar-refractivity contribution < 1.29 is 33.8 Å². The molecule has 288 valence electrons. The first-order chi connectivity index (χ1) is 24.9. The predicted molar refractivity (Wildman–Crippen MR) is 197 cm³/mol. The van der Waals surface area contributed by atoms with Gasteiger partial charge in [-0.1, -0.05) is 96.6 Å². The number of aliphatic hydroxyl groups is 1. The first-order valence-corrected chi connectivity index (χ1v) is 19.8. The number of carbonyl (C=O) groups is 5. The summed E-state index contributed by atoms with van der Waals surface area (Å²) in [6.07, 6.45) is 9.31. The first kappa shape index (κ1) is 39.5. The normalized spacial score (nSPS) is 24.4. The van der Waals surface area contributed by atoms with Gasteiger partial charge in [0.25, 0.3) is 5.91 Å². The molecule has 3 unspecified atom stereocenters. The monoisotopic (exact) mass is 723 g/mol. The van der Waals surface area contributed by atoms with Crippen LogP contribution in [0.2, 0.25) is 0 Å². The van der Waals surface area contributed by atoms with Gasteiger partial charge in [-0.25, -0.2) is 4.79 Å². The van der Waals surface area contributed by atoms with Crippen LogP contribution in [0.3, 0.4) is 0 Å². The Labute approximate surface area is 308 Å². The fourth-order valence-electron chi connectivity index (χ4n) is 8.39. The van der Waals surface area contributed by atoms with Gasteiger partial charge < -0.3 is 36.0 Å². The summed E-state index contributed by atoms with van der Waals surface area (Å²) in [7, 11) is 0. The largest absolute Gasteiger partial charge is 0.445 e. The second-order valence-corrected chi connectivity index (χ2v) is 16.6. The lowest BCUT2D eigenvalue weighted by atomic mass is 9.81. The molecule has 4 aliphatic rings. The Balaban J connectivity index is 1.34. The third-order valence-electron chi connectivity index (χ3n) is 11.4. The Bertz CT molecular complexity index is 1390. The number of likely N-dealkylation sites (tertiary alicyclic amines) is 1. The van der Waals surface area contributed by atoms with Crippen LogP contribution in [0.5, 0.6) is 0 Å². The molecule has 0 spiro atoms. The van der Waals surface area contributed by atoms with Crippen LogP contribution in [-0.2, 0) is 30.5 Å². The van der Waals surface area contributed by atoms with E-state index < -0.39 is 53.6 Å². The minimum absolute atomic E-state index is 0.0665. The van der Waals surface area contributed by atoms with Crippen molar-refractivity contribution in [3.05, 3.63) is 35.9 Å². The lowest BCUT2D eigenvalue weighted by molar-refractivity contribution is -0.147. The Morgan fingerprint density at radius 2 is 1.54 bits per heavy atom. The van der Waals surface area contributed by atoms with Gasteiger partial charge in [-0.05, 0) is 74.2 Å². The van der Waals surface area contributed by atoms with Crippen LogP contribution in [0.15, 0.2) is 30.3 Å². The number of ether oxygens (including phenoxy) is 1. The van der Waals surface area contributed by atoms with E-state index in [2.05, 4.69) is 21.3 Å². The van der Waals surface area contributed by atoms with Gasteiger partial charge in [0.05, 0.1) is 6.04 Å². The molecule has 1 aliphatic heterocycles. The highest BCUT2D eigenvalue weighted by molar-refractivity contribution is 5.95. The number of aliphatic hydroxyl groups excluding tert-OH is 1. The van der Waals surface area contributed by atoms with Crippen LogP contribution in [-0.4, -0.2) is 82.1 Å². The topological polar surface area (TPSA) is 166 Å². The van der Waals surface area contributed by atoms with Crippen LogP contribution in [0.25, 0.3) is 0 Å². The number of amides is 5. The molecule has 1 aromatic rings. The fraction of sp³-hybridized carbons (Fsp3) is 0.725. The molecule has 4 fully saturated rings. The number of benzene rings is 1. The van der Waals surface area contributed by atoms with E-state index in [-0.39, 0.29) is 42.3 Å². The average molecular weight is 724 g/mol. The zero-order chi connectivity index (χ0) is 37.4. The maximum Gasteiger partial charge on any atom is 0.408 e. The van der Waals surface area contributed by atoms with Gasteiger partial charge in [-0.15, -0.1) is 0 Å². The van der Waals surface area contributed by atoms with Crippen molar-refractivity contribution in [2.24, 2.45) is 17.3 Å². The molecule has 3 aliphatic carbocycles. The lowest BCUT2D eigenvalue weighted by Crippen LogP contribution is -2.63. The van der Waals surface area contributed by atoms with Crippen LogP contribution in [0.1, 0.15) is 123 Å². The lowest BCUT2D eigenvalue weighted by Gasteiger charge is -2.40. The Kier molecular flexibility index (Phi) is 13.6. The number of nitrogens with one attached hydrogen (secondary N) is 4. The van der Waals surface area contributed by atoms with E-state index in [1.807, 2.05) is 58.0 Å². The molecule has 52 heavy (non-hydrogen) atoms. The summed E-state index contributed by atoms with van der Waals surface area (Å²) < 4.78 is 5.51. The molecule has 0 radical (unpaired) electrons. The van der Waals surface area contributed by atoms with E-state index in [4.69, 9.17) is 4.74 Å². The maximum atomic E-state index is 14.9. The maximum absolute atomic E-state index is 14.9. The van der Waals surface area contributed by atoms with Crippen molar-refractivity contribution in [2.45, 2.75) is 167 Å². The highest BCUT2D eigenvalue weighted by Gasteiger charge is 2.51. The molecule has 1 saturated heterocycles. The van der Waals surface area contributed by atoms with Crippen LogP contribution in [0, 0.1) is 17.3 Å². The van der Waals surface area contributed by atoms with Crippen LogP contribution >= 0.6 is 0 Å². The molecule has 1 heterocycles. The highest BCUT2D eigenvalue weighted by Crippen LogP contribution is 2.41. The zero-order valence-corrected chi connectivity index (χ0v) is 31.5. The summed E-state index contributed by atoms with van der Waals surface area (Å²) in [5.41, 5.74) is 0.102. The van der Waals surface area contributed by atoms with Crippen molar-refractivity contribution in [3.8, 4) is 0 Å². The molecule has 12 nitrogen and oxygen atoms in total. The molecule has 3 saturated carbocycles. The molecular formula is C40H61N5O7. The number of rotatable bonds is 14. The molecule has 0 aromatic heterocycles. The van der Waals surface area contributed by atoms with Gasteiger partial charge >= 0.3 is 6.09 Å². The Morgan fingerprint density at radius 3 is 2.19 bits per heavy atom. The molecule has 5 amide bonds. The Morgan fingerprint density at radius 1 is 0.865 bits per heavy atom. The summed E-state index contributed by atoms with van der Waals surface area (Å²) in [5, 5.41) is 22.7. The minimum atomic E-state index is -1.40. The number of carbonyl (C=O) groups excluding carboxylic acids is 5. The number of alkyl carbamates (subject to hydrolysis) is 1. The second kappa shape index (κ2) is 17.9. The van der Waals surface area contributed by atoms with Gasteiger partial charge in [-0.2, -0.15) is 0 Å². The smallest absolute Gasteiger partial charge is 0.408 e. The minimum Gasteiger partial charge on any atom is -0.445 e. The highest BCUT2D eigenvalue weighted by atomic mass is 16.5. The summed E-state index contributed by atoms with van der Waals surface area (Å²) in [6.45, 7) is 7.67. The van der Waals surface area contributed by atoms with E-state index in [1.54, 1.807) is 4.90 Å². The van der Waals surface area contributed by atoms with Gasteiger partial charge in [0.1, 0.15) is 24.7 Å². The zero-order valence-electron chi connectivity index (χ0n) is 31.5. The summed E-state index contributed by atoms with van der Waals surface area (Å²) in [6, 6.07) is 5.78. The number of hydrogen-bond donors (Lipinski definition) is 5. The summed E-state index contributed by atoms with van der Waals surface area (Å²) in [4.78, 5) is 70.8. The van der Waals surface area contributed by atoms with Gasteiger partial charge in [-0.3, -0.25) is 19.2 Å². The van der Waals surface area contributed by atoms with Gasteiger partial charge in [0, 0.05) is 12.1 Å². The Hall–Kier alpha value is -3.67. The molecule has 5 N–H and O–H groups in total. The van der Waals surface area contributed by atoms with Crippen molar-refractivity contribution in [2.75, 3.05) is 0 Å². The van der Waals surface area contributed by atoms with Crippen LogP contribution in [0.4, 0.5) is 4.79 Å². The fourth-order valence-corrected chi connectivity index (χ4v) is 8.39. The third kappa shape index (κ3) is 10.3. The first-order valence-electron chi connectivity index (χ1n) is 19.8. The SMILES string of the molecule is CCC[C@H](NC(=O)[C@@H]1CC2CCCCC2N1C(=O)[C@@H](NC(=O)[C@@H](NC(=O)OCc1ccccc1)C1CCCCC1)C(C)(C)C)C(O)C(=O)NC1CC1. The number of hydrogen-bond acceptors (Lipinski definition) is 7. The quantitative estimate of drug-likeness (QED) is 0.189. The van der Waals surface area contributed by atoms with Crippen LogP contribution < -0.4 is 21.3 Å². The molecular weight excluding hydrogens is 662 g/mol. The van der Waals surface area contributed by atoms with E-state index in [9.17, 15) is 29.1 Å². The van der Waals surface area contributed by atoms with Crippen molar-refractivity contribution in [1.29, 1.82) is 0 Å². The molecule has 7 atom stereocenters. The van der Waals surface area contributed by atoms with E-state index in [1.165, 1.54) is 0 Å². The average Bonchev–Trinajstić information content (AvgIpc) is 3.86. The summed E-state index contributed by atoms with van der Waals surface area (Å²) >= 11 is 0. The number of nitrogens with zero attached hydrogens (tertiary/aromatic N) is 1. The summed E-state index contributed by atoms with van der Waals surface area (Å²) in [5.74, 6) is -1.63. The predicted octanol–water partition coefficient (Wildman–Crippen LogP) is 4.48. The van der Waals surface area contributed by atoms with Gasteiger partial charge in [0.2, 0.25) is 17.7 Å². The molecule has 12 heteroatoms. The molecule has 0 bridgehead atoms. The second-order valence-electron chi connectivity index (χ2n) is 16.6. The van der Waals surface area contributed by atoms with E-state index in [0.29, 0.717) is 19.3 Å². The van der Waals surface area contributed by atoms with E-state index >= 15 is 0 Å². The van der Waals surface area contributed by atoms with Crippen molar-refractivity contribution >= 4 is 29.7 Å². The number of fused-ring (bicyclic) bond motifs is 1. The standard InChI is InChI=1S/C40H61N5O7/c1-5-14-29(33(46)37(49)41-28-21-22-28)42-35(47)31-23-27-19-12-13-20-30(27)45(31)38(50)34(40(2,3)4)44-36(48)32(26-17-10-7-11-18-26)43-39(51)52-24-25-15-8-6-9-16-25/h6,8-9,15-16,26-34,46H,5,7,10-14,17-24H2,1-4H3,(H,41,49)(H,42,47)(H,43,51)(H,44,48)/t27?,29-,30?,31-,32-,33?,34+/m0/s1. The van der Waals surface area contributed by atoms with Crippen molar-refractivity contribution in [3.63, 3.8) is 0 Å². The van der Waals surface area contributed by atoms with Gasteiger partial charge in [0.15, 0.2) is 6.10 Å².